The minimum atomic E-state index is -0.181. The van der Waals surface area contributed by atoms with Crippen LogP contribution < -0.4 is 10.6 Å². The Morgan fingerprint density at radius 1 is 1.27 bits per heavy atom. The van der Waals surface area contributed by atoms with Gasteiger partial charge in [-0.15, -0.1) is 0 Å². The molecule has 1 aromatic heterocycles. The third kappa shape index (κ3) is 5.15. The zero-order chi connectivity index (χ0) is 15.8. The van der Waals surface area contributed by atoms with E-state index in [1.807, 2.05) is 19.9 Å². The number of hydrogen-bond donors (Lipinski definition) is 2. The monoisotopic (exact) mass is 319 g/mol. The van der Waals surface area contributed by atoms with Gasteiger partial charge in [0.2, 0.25) is 0 Å². The van der Waals surface area contributed by atoms with E-state index in [1.165, 1.54) is 11.6 Å². The summed E-state index contributed by atoms with van der Waals surface area (Å²) in [4.78, 5) is 4.56. The Labute approximate surface area is 135 Å². The Balaban J connectivity index is 1.87. The van der Waals surface area contributed by atoms with E-state index in [1.54, 1.807) is 17.4 Å². The molecule has 1 aromatic carbocycles. The van der Waals surface area contributed by atoms with Crippen LogP contribution in [0.15, 0.2) is 40.0 Å². The molecule has 22 heavy (non-hydrogen) atoms. The first-order valence-electron chi connectivity index (χ1n) is 7.47. The van der Waals surface area contributed by atoms with E-state index < -0.39 is 0 Å². The van der Waals surface area contributed by atoms with Crippen LogP contribution in [-0.2, 0) is 13.0 Å². The molecule has 1 heterocycles. The van der Waals surface area contributed by atoms with Crippen LogP contribution in [0.25, 0.3) is 0 Å². The predicted molar refractivity (Wildman–Crippen MR) is 92.0 cm³/mol. The smallest absolute Gasteiger partial charge is 0.191 e. The van der Waals surface area contributed by atoms with Gasteiger partial charge in [0.25, 0.3) is 0 Å². The van der Waals surface area contributed by atoms with Gasteiger partial charge in [-0.05, 0) is 65.9 Å². The van der Waals surface area contributed by atoms with Crippen molar-refractivity contribution in [3.63, 3.8) is 0 Å². The van der Waals surface area contributed by atoms with Crippen molar-refractivity contribution in [3.05, 3.63) is 57.5 Å². The van der Waals surface area contributed by atoms with Crippen molar-refractivity contribution in [2.24, 2.45) is 4.99 Å². The summed E-state index contributed by atoms with van der Waals surface area (Å²) in [6, 6.07) is 7.02. The molecule has 0 aliphatic rings. The lowest BCUT2D eigenvalue weighted by Gasteiger charge is -2.12. The maximum Gasteiger partial charge on any atom is 0.191 e. The normalized spacial score (nSPS) is 11.5. The van der Waals surface area contributed by atoms with Gasteiger partial charge in [-0.3, -0.25) is 0 Å². The third-order valence-corrected chi connectivity index (χ3v) is 4.07. The summed E-state index contributed by atoms with van der Waals surface area (Å²) in [5, 5.41) is 10.7. The van der Waals surface area contributed by atoms with Gasteiger partial charge in [0.15, 0.2) is 5.96 Å². The minimum Gasteiger partial charge on any atom is -0.357 e. The molecule has 0 aliphatic heterocycles. The maximum absolute atomic E-state index is 13.1. The summed E-state index contributed by atoms with van der Waals surface area (Å²) < 4.78 is 13.1. The number of guanidine groups is 1. The highest BCUT2D eigenvalue weighted by Crippen LogP contribution is 2.10. The molecule has 2 N–H and O–H groups in total. The Morgan fingerprint density at radius 3 is 2.82 bits per heavy atom. The van der Waals surface area contributed by atoms with Gasteiger partial charge in [0.1, 0.15) is 5.82 Å². The lowest BCUT2D eigenvalue weighted by Crippen LogP contribution is -2.38. The van der Waals surface area contributed by atoms with Gasteiger partial charge in [-0.1, -0.05) is 6.07 Å². The van der Waals surface area contributed by atoms with Crippen molar-refractivity contribution < 1.29 is 4.39 Å². The molecule has 0 fully saturated rings. The van der Waals surface area contributed by atoms with Gasteiger partial charge in [0, 0.05) is 13.1 Å². The molecule has 0 spiro atoms. The number of hydrogen-bond acceptors (Lipinski definition) is 2. The summed E-state index contributed by atoms with van der Waals surface area (Å²) >= 11 is 1.68. The highest BCUT2D eigenvalue weighted by atomic mass is 32.1. The van der Waals surface area contributed by atoms with Crippen LogP contribution in [0.5, 0.6) is 0 Å². The van der Waals surface area contributed by atoms with Crippen molar-refractivity contribution in [1.82, 2.24) is 10.6 Å². The Hall–Kier alpha value is -1.88. The zero-order valence-electron chi connectivity index (χ0n) is 13.0. The van der Waals surface area contributed by atoms with E-state index >= 15 is 0 Å². The molecule has 118 valence electrons. The minimum absolute atomic E-state index is 0.181. The standard InChI is InChI=1S/C17H22FN3S/c1-3-19-17(21-11-14-7-9-22-12-14)20-8-6-15-4-5-16(18)10-13(15)2/h4-5,7,9-10,12H,3,6,8,11H2,1-2H3,(H2,19,20,21). The van der Waals surface area contributed by atoms with Crippen LogP contribution in [-0.4, -0.2) is 19.0 Å². The molecule has 0 saturated heterocycles. The van der Waals surface area contributed by atoms with E-state index in [2.05, 4.69) is 32.5 Å². The van der Waals surface area contributed by atoms with Gasteiger partial charge < -0.3 is 10.6 Å². The largest absolute Gasteiger partial charge is 0.357 e. The lowest BCUT2D eigenvalue weighted by atomic mass is 10.1. The number of aryl methyl sites for hydroxylation is 1. The van der Waals surface area contributed by atoms with Crippen LogP contribution >= 0.6 is 11.3 Å². The Kier molecular flexibility index (Phi) is 6.40. The third-order valence-electron chi connectivity index (χ3n) is 3.34. The van der Waals surface area contributed by atoms with Gasteiger partial charge >= 0.3 is 0 Å². The molecule has 5 heteroatoms. The number of benzene rings is 1. The quantitative estimate of drug-likeness (QED) is 0.631. The SMILES string of the molecule is CCNC(=NCc1ccsc1)NCCc1ccc(F)cc1C. The van der Waals surface area contributed by atoms with E-state index in [0.29, 0.717) is 6.54 Å². The first kappa shape index (κ1) is 16.5. The maximum atomic E-state index is 13.1. The molecule has 3 nitrogen and oxygen atoms in total. The lowest BCUT2D eigenvalue weighted by molar-refractivity contribution is 0.625. The van der Waals surface area contributed by atoms with Crippen LogP contribution in [0.2, 0.25) is 0 Å². The van der Waals surface area contributed by atoms with Crippen LogP contribution in [0.1, 0.15) is 23.6 Å². The average molecular weight is 319 g/mol. The van der Waals surface area contributed by atoms with Crippen molar-refractivity contribution in [2.45, 2.75) is 26.8 Å². The van der Waals surface area contributed by atoms with Crippen molar-refractivity contribution in [1.29, 1.82) is 0 Å². The van der Waals surface area contributed by atoms with E-state index in [9.17, 15) is 4.39 Å². The number of nitrogens with zero attached hydrogens (tertiary/aromatic N) is 1. The fourth-order valence-electron chi connectivity index (χ4n) is 2.15. The average Bonchev–Trinajstić information content (AvgIpc) is 3.00. The first-order chi connectivity index (χ1) is 10.7. The van der Waals surface area contributed by atoms with Crippen molar-refractivity contribution >= 4 is 17.3 Å². The second kappa shape index (κ2) is 8.54. The van der Waals surface area contributed by atoms with E-state index in [0.717, 1.165) is 36.6 Å². The molecule has 0 radical (unpaired) electrons. The molecule has 0 unspecified atom stereocenters. The second-order valence-electron chi connectivity index (χ2n) is 5.07. The summed E-state index contributed by atoms with van der Waals surface area (Å²) in [6.07, 6.45) is 0.842. The summed E-state index contributed by atoms with van der Waals surface area (Å²) in [6.45, 7) is 6.25. The van der Waals surface area contributed by atoms with Crippen LogP contribution in [0.3, 0.4) is 0 Å². The molecule has 0 bridgehead atoms. The second-order valence-corrected chi connectivity index (χ2v) is 5.85. The first-order valence-corrected chi connectivity index (χ1v) is 8.41. The summed E-state index contributed by atoms with van der Waals surface area (Å²) in [7, 11) is 0. The molecule has 0 amide bonds. The Morgan fingerprint density at radius 2 is 2.14 bits per heavy atom. The molecular weight excluding hydrogens is 297 g/mol. The van der Waals surface area contributed by atoms with Gasteiger partial charge in [-0.2, -0.15) is 11.3 Å². The summed E-state index contributed by atoms with van der Waals surface area (Å²) in [5.74, 6) is 0.633. The fourth-order valence-corrected chi connectivity index (χ4v) is 2.81. The Bertz CT molecular complexity index is 608. The number of nitrogens with one attached hydrogen (secondary N) is 2. The molecule has 0 saturated carbocycles. The fraction of sp³-hybridized carbons (Fsp3) is 0.353. The number of aliphatic imine (C=N–C) groups is 1. The van der Waals surface area contributed by atoms with Crippen LogP contribution in [0, 0.1) is 12.7 Å². The van der Waals surface area contributed by atoms with Gasteiger partial charge in [-0.25, -0.2) is 9.38 Å². The van der Waals surface area contributed by atoms with Crippen LogP contribution in [0.4, 0.5) is 4.39 Å². The number of rotatable bonds is 6. The number of thiophene rings is 1. The molecule has 0 atom stereocenters. The van der Waals surface area contributed by atoms with E-state index in [-0.39, 0.29) is 5.82 Å². The predicted octanol–water partition coefficient (Wildman–Crippen LogP) is 3.49. The highest BCUT2D eigenvalue weighted by Gasteiger charge is 2.02. The molecule has 2 aromatic rings. The number of halogens is 1. The molecule has 2 rings (SSSR count). The topological polar surface area (TPSA) is 36.4 Å². The van der Waals surface area contributed by atoms with E-state index in [4.69, 9.17) is 0 Å². The highest BCUT2D eigenvalue weighted by molar-refractivity contribution is 7.07. The summed E-state index contributed by atoms with van der Waals surface area (Å²) in [5.41, 5.74) is 3.36. The zero-order valence-corrected chi connectivity index (χ0v) is 13.8. The molecule has 0 aliphatic carbocycles. The van der Waals surface area contributed by atoms with Crippen molar-refractivity contribution in [2.75, 3.05) is 13.1 Å². The molecular formula is C17H22FN3S. The van der Waals surface area contributed by atoms with Gasteiger partial charge in [0.05, 0.1) is 6.54 Å². The van der Waals surface area contributed by atoms with Crippen molar-refractivity contribution in [3.8, 4) is 0 Å².